The fourth-order valence-electron chi connectivity index (χ4n) is 3.36. The molecule has 0 fully saturated rings. The number of nitrogens with zero attached hydrogens (tertiary/aromatic N) is 2. The van der Waals surface area contributed by atoms with Gasteiger partial charge in [0, 0.05) is 22.2 Å². The number of aromatic nitrogens is 2. The average Bonchev–Trinajstić information content (AvgIpc) is 2.86. The van der Waals surface area contributed by atoms with Gasteiger partial charge in [-0.25, -0.2) is 9.97 Å². The van der Waals surface area contributed by atoms with E-state index in [4.69, 9.17) is 33.0 Å². The van der Waals surface area contributed by atoms with Crippen LogP contribution < -0.4 is 15.4 Å². The van der Waals surface area contributed by atoms with Crippen LogP contribution in [0.3, 0.4) is 0 Å². The highest BCUT2D eigenvalue weighted by Crippen LogP contribution is 2.31. The van der Waals surface area contributed by atoms with Crippen molar-refractivity contribution in [3.8, 4) is 16.9 Å². The summed E-state index contributed by atoms with van der Waals surface area (Å²) >= 11 is 12.3. The molecule has 10 heteroatoms. The monoisotopic (exact) mass is 530 g/mol. The van der Waals surface area contributed by atoms with E-state index >= 15 is 0 Å². The third kappa shape index (κ3) is 7.83. The van der Waals surface area contributed by atoms with Gasteiger partial charge in [0.15, 0.2) is 0 Å². The first kappa shape index (κ1) is 27.2. The van der Waals surface area contributed by atoms with Crippen molar-refractivity contribution in [2.24, 2.45) is 5.92 Å². The number of carboxylic acids is 1. The van der Waals surface area contributed by atoms with Crippen molar-refractivity contribution in [2.45, 2.75) is 32.7 Å². The number of ether oxygens (including phenoxy) is 1. The van der Waals surface area contributed by atoms with Crippen LogP contribution in [0.2, 0.25) is 10.0 Å². The van der Waals surface area contributed by atoms with Gasteiger partial charge in [-0.05, 0) is 35.7 Å². The highest BCUT2D eigenvalue weighted by Gasteiger charge is 2.18. The van der Waals surface area contributed by atoms with Crippen molar-refractivity contribution in [3.05, 3.63) is 70.6 Å². The second-order valence-corrected chi connectivity index (χ2v) is 9.13. The van der Waals surface area contributed by atoms with Gasteiger partial charge < -0.3 is 20.5 Å². The molecule has 1 aromatic heterocycles. The molecule has 2 atom stereocenters. The molecule has 8 nitrogen and oxygen atoms in total. The SMILES string of the molecule is CCC(C)C(COc1ccc(-c2ccc(Cl)cc2Cl)cc1)Nc1cnc(C(=O)NCCC(=O)O)cn1. The zero-order chi connectivity index (χ0) is 26.1. The van der Waals surface area contributed by atoms with Crippen LogP contribution in [0.25, 0.3) is 11.1 Å². The fourth-order valence-corrected chi connectivity index (χ4v) is 3.87. The Kier molecular flexibility index (Phi) is 9.90. The Balaban J connectivity index is 1.60. The predicted molar refractivity (Wildman–Crippen MR) is 141 cm³/mol. The first-order chi connectivity index (χ1) is 17.3. The Morgan fingerprint density at radius 3 is 2.44 bits per heavy atom. The standard InChI is InChI=1S/C26H28Cl2N4O4/c1-3-16(2)23(32-24-14-30-22(13-31-24)26(35)29-11-10-25(33)34)15-36-19-7-4-17(5-8-19)20-9-6-18(27)12-21(20)28/h4-9,12-14,16,23H,3,10-11,15H2,1-2H3,(H,29,35)(H,31,32)(H,33,34). The molecule has 1 amide bonds. The highest BCUT2D eigenvalue weighted by atomic mass is 35.5. The molecular weight excluding hydrogens is 503 g/mol. The van der Waals surface area contributed by atoms with Crippen molar-refractivity contribution in [1.29, 1.82) is 0 Å². The molecule has 3 N–H and O–H groups in total. The Hall–Kier alpha value is -3.36. The molecule has 1 heterocycles. The number of hydrogen-bond acceptors (Lipinski definition) is 6. The van der Waals surface area contributed by atoms with Crippen molar-refractivity contribution in [1.82, 2.24) is 15.3 Å². The first-order valence-corrected chi connectivity index (χ1v) is 12.3. The number of amides is 1. The van der Waals surface area contributed by atoms with Gasteiger partial charge in [0.1, 0.15) is 23.9 Å². The van der Waals surface area contributed by atoms with Gasteiger partial charge in [-0.1, -0.05) is 61.7 Å². The molecule has 0 spiro atoms. The number of anilines is 1. The van der Waals surface area contributed by atoms with E-state index in [0.717, 1.165) is 23.3 Å². The molecule has 0 aliphatic rings. The molecule has 0 saturated carbocycles. The summed E-state index contributed by atoms with van der Waals surface area (Å²) in [4.78, 5) is 31.1. The van der Waals surface area contributed by atoms with Crippen molar-refractivity contribution in [2.75, 3.05) is 18.5 Å². The third-order valence-electron chi connectivity index (χ3n) is 5.70. The lowest BCUT2D eigenvalue weighted by Crippen LogP contribution is -2.34. The summed E-state index contributed by atoms with van der Waals surface area (Å²) in [6, 6.07) is 13.0. The number of nitrogens with one attached hydrogen (secondary N) is 2. The largest absolute Gasteiger partial charge is 0.491 e. The van der Waals surface area contributed by atoms with Crippen LogP contribution in [0.4, 0.5) is 5.82 Å². The molecule has 0 aliphatic heterocycles. The van der Waals surface area contributed by atoms with E-state index < -0.39 is 11.9 Å². The number of aliphatic carboxylic acids is 1. The van der Waals surface area contributed by atoms with E-state index in [2.05, 4.69) is 34.4 Å². The number of benzene rings is 2. The van der Waals surface area contributed by atoms with Crippen LogP contribution >= 0.6 is 23.2 Å². The minimum Gasteiger partial charge on any atom is -0.491 e. The topological polar surface area (TPSA) is 113 Å². The van der Waals surface area contributed by atoms with Crippen molar-refractivity contribution < 1.29 is 19.4 Å². The Morgan fingerprint density at radius 1 is 1.08 bits per heavy atom. The van der Waals surface area contributed by atoms with Crippen LogP contribution in [0, 0.1) is 5.92 Å². The molecule has 0 bridgehead atoms. The lowest BCUT2D eigenvalue weighted by Gasteiger charge is -2.25. The maximum atomic E-state index is 12.1. The van der Waals surface area contributed by atoms with Crippen LogP contribution in [-0.2, 0) is 4.79 Å². The number of carbonyl (C=O) groups excluding carboxylic acids is 1. The Labute approximate surface area is 220 Å². The molecule has 36 heavy (non-hydrogen) atoms. The van der Waals surface area contributed by atoms with Gasteiger partial charge in [-0.3, -0.25) is 9.59 Å². The summed E-state index contributed by atoms with van der Waals surface area (Å²) < 4.78 is 6.05. The molecule has 3 aromatic rings. The second kappa shape index (κ2) is 13.1. The summed E-state index contributed by atoms with van der Waals surface area (Å²) in [5.74, 6) is 0.0524. The van der Waals surface area contributed by atoms with E-state index in [-0.39, 0.29) is 30.6 Å². The molecule has 2 unspecified atom stereocenters. The van der Waals surface area contributed by atoms with Gasteiger partial charge in [0.05, 0.1) is 24.9 Å². The summed E-state index contributed by atoms with van der Waals surface area (Å²) in [5, 5.41) is 15.7. The normalized spacial score (nSPS) is 12.4. The molecular formula is C26H28Cl2N4O4. The van der Waals surface area contributed by atoms with E-state index in [1.165, 1.54) is 12.4 Å². The lowest BCUT2D eigenvalue weighted by molar-refractivity contribution is -0.136. The number of halogens is 2. The smallest absolute Gasteiger partial charge is 0.305 e. The second-order valence-electron chi connectivity index (χ2n) is 8.28. The zero-order valence-corrected chi connectivity index (χ0v) is 21.5. The average molecular weight is 531 g/mol. The van der Waals surface area contributed by atoms with Crippen molar-refractivity contribution >= 4 is 40.9 Å². The Bertz CT molecular complexity index is 1170. The number of hydrogen-bond donors (Lipinski definition) is 3. The highest BCUT2D eigenvalue weighted by molar-refractivity contribution is 6.36. The maximum absolute atomic E-state index is 12.1. The van der Waals surface area contributed by atoms with Gasteiger partial charge in [-0.15, -0.1) is 0 Å². The van der Waals surface area contributed by atoms with Crippen LogP contribution in [0.1, 0.15) is 37.2 Å². The summed E-state index contributed by atoms with van der Waals surface area (Å²) in [7, 11) is 0. The van der Waals surface area contributed by atoms with Crippen molar-refractivity contribution in [3.63, 3.8) is 0 Å². The maximum Gasteiger partial charge on any atom is 0.305 e. The van der Waals surface area contributed by atoms with E-state index in [0.29, 0.717) is 22.5 Å². The van der Waals surface area contributed by atoms with Gasteiger partial charge in [0.25, 0.3) is 5.91 Å². The predicted octanol–water partition coefficient (Wildman–Crippen LogP) is 5.56. The molecule has 0 saturated heterocycles. The fraction of sp³-hybridized carbons (Fsp3) is 0.308. The molecule has 0 aliphatic carbocycles. The number of carbonyl (C=O) groups is 2. The minimum absolute atomic E-state index is 0.0248. The van der Waals surface area contributed by atoms with Crippen LogP contribution in [0.15, 0.2) is 54.9 Å². The number of rotatable bonds is 12. The van der Waals surface area contributed by atoms with Gasteiger partial charge in [-0.2, -0.15) is 0 Å². The van der Waals surface area contributed by atoms with Crippen LogP contribution in [0.5, 0.6) is 5.75 Å². The molecule has 2 aromatic carbocycles. The zero-order valence-electron chi connectivity index (χ0n) is 20.0. The third-order valence-corrected chi connectivity index (χ3v) is 6.25. The van der Waals surface area contributed by atoms with Gasteiger partial charge in [0.2, 0.25) is 0 Å². The minimum atomic E-state index is -0.985. The quantitative estimate of drug-likeness (QED) is 0.280. The van der Waals surface area contributed by atoms with E-state index in [9.17, 15) is 9.59 Å². The van der Waals surface area contributed by atoms with E-state index in [1.54, 1.807) is 12.1 Å². The Morgan fingerprint density at radius 2 is 1.83 bits per heavy atom. The van der Waals surface area contributed by atoms with Gasteiger partial charge >= 0.3 is 5.97 Å². The lowest BCUT2D eigenvalue weighted by atomic mass is 10.00. The molecule has 0 radical (unpaired) electrons. The summed E-state index contributed by atoms with van der Waals surface area (Å²) in [6.07, 6.45) is 3.60. The van der Waals surface area contributed by atoms with E-state index in [1.807, 2.05) is 30.3 Å². The molecule has 3 rings (SSSR count). The number of carboxylic acid groups (broad SMARTS) is 1. The summed E-state index contributed by atoms with van der Waals surface area (Å²) in [6.45, 7) is 4.64. The first-order valence-electron chi connectivity index (χ1n) is 11.5. The summed E-state index contributed by atoms with van der Waals surface area (Å²) in [5.41, 5.74) is 1.97. The molecule has 190 valence electrons. The van der Waals surface area contributed by atoms with Crippen LogP contribution in [-0.4, -0.2) is 46.1 Å².